The number of hydrogen-bond acceptors (Lipinski definition) is 4. The molecule has 5 N–H and O–H groups in total. The van der Waals surface area contributed by atoms with Crippen LogP contribution in [0, 0.1) is 0 Å². The third-order valence-electron chi connectivity index (χ3n) is 2.13. The number of primary sulfonamides is 1. The number of anilines is 1. The van der Waals surface area contributed by atoms with Crippen LogP contribution in [0.25, 0.3) is 0 Å². The Morgan fingerprint density at radius 2 is 2.00 bits per heavy atom. The molecule has 0 aliphatic carbocycles. The minimum Gasteiger partial charge on any atom is -0.478 e. The van der Waals surface area contributed by atoms with Gasteiger partial charge in [-0.15, -0.1) is 0 Å². The summed E-state index contributed by atoms with van der Waals surface area (Å²) in [5.74, 6) is -1.57. The average molecular weight is 322 g/mol. The molecule has 1 rings (SSSR count). The molecule has 110 valence electrons. The van der Waals surface area contributed by atoms with Crippen LogP contribution in [0.2, 0.25) is 5.02 Å². The SMILES string of the molecule is NS(=O)(=O)CCNC(=O)Nc1ccc(C(=O)O)c(Cl)c1. The molecule has 0 saturated heterocycles. The number of rotatable bonds is 5. The topological polar surface area (TPSA) is 139 Å². The summed E-state index contributed by atoms with van der Waals surface area (Å²) in [6.07, 6.45) is 0. The minimum atomic E-state index is -3.64. The van der Waals surface area contributed by atoms with E-state index in [-0.39, 0.29) is 28.6 Å². The molecule has 8 nitrogen and oxygen atoms in total. The van der Waals surface area contributed by atoms with Crippen molar-refractivity contribution >= 4 is 39.3 Å². The van der Waals surface area contributed by atoms with E-state index in [1.54, 1.807) is 0 Å². The van der Waals surface area contributed by atoms with E-state index in [1.807, 2.05) is 0 Å². The Balaban J connectivity index is 2.59. The van der Waals surface area contributed by atoms with Crippen LogP contribution in [0.15, 0.2) is 18.2 Å². The molecule has 0 saturated carbocycles. The summed E-state index contributed by atoms with van der Waals surface area (Å²) in [7, 11) is -3.64. The number of urea groups is 1. The molecule has 0 radical (unpaired) electrons. The average Bonchev–Trinajstić information content (AvgIpc) is 2.26. The van der Waals surface area contributed by atoms with Gasteiger partial charge in [-0.3, -0.25) is 0 Å². The zero-order valence-electron chi connectivity index (χ0n) is 10.1. The Labute approximate surface area is 120 Å². The maximum atomic E-state index is 11.4. The molecule has 10 heteroatoms. The van der Waals surface area contributed by atoms with Gasteiger partial charge in [-0.05, 0) is 18.2 Å². The number of amides is 2. The summed E-state index contributed by atoms with van der Waals surface area (Å²) in [4.78, 5) is 22.1. The monoisotopic (exact) mass is 321 g/mol. The molecule has 1 aromatic rings. The molecule has 2 amide bonds. The highest BCUT2D eigenvalue weighted by atomic mass is 35.5. The molecule has 0 aromatic heterocycles. The fourth-order valence-electron chi connectivity index (χ4n) is 1.25. The molecular formula is C10H12ClN3O5S. The van der Waals surface area contributed by atoms with E-state index < -0.39 is 22.0 Å². The third kappa shape index (κ3) is 5.43. The fraction of sp³-hybridized carbons (Fsp3) is 0.200. The number of aromatic carboxylic acids is 1. The van der Waals surface area contributed by atoms with Gasteiger partial charge in [-0.25, -0.2) is 23.1 Å². The number of halogens is 1. The molecule has 0 heterocycles. The second-order valence-corrected chi connectivity index (χ2v) is 5.89. The van der Waals surface area contributed by atoms with Crippen LogP contribution in [0.1, 0.15) is 10.4 Å². The smallest absolute Gasteiger partial charge is 0.337 e. The van der Waals surface area contributed by atoms with Crippen LogP contribution >= 0.6 is 11.6 Å². The molecule has 0 unspecified atom stereocenters. The quantitative estimate of drug-likeness (QED) is 0.623. The second kappa shape index (κ2) is 6.55. The first-order valence-electron chi connectivity index (χ1n) is 5.27. The summed E-state index contributed by atoms with van der Waals surface area (Å²) in [5.41, 5.74) is 0.181. The lowest BCUT2D eigenvalue weighted by Gasteiger charge is -2.08. The van der Waals surface area contributed by atoms with Crippen molar-refractivity contribution in [2.75, 3.05) is 17.6 Å². The number of carbonyl (C=O) groups is 2. The maximum Gasteiger partial charge on any atom is 0.337 e. The lowest BCUT2D eigenvalue weighted by Crippen LogP contribution is -2.34. The van der Waals surface area contributed by atoms with Gasteiger partial charge in [0.1, 0.15) is 0 Å². The minimum absolute atomic E-state index is 0.0279. The van der Waals surface area contributed by atoms with E-state index >= 15 is 0 Å². The molecule has 0 aliphatic heterocycles. The first-order valence-corrected chi connectivity index (χ1v) is 7.36. The third-order valence-corrected chi connectivity index (χ3v) is 3.22. The van der Waals surface area contributed by atoms with Gasteiger partial charge in [0.2, 0.25) is 10.0 Å². The Morgan fingerprint density at radius 3 is 2.50 bits per heavy atom. The van der Waals surface area contributed by atoms with Gasteiger partial charge in [0, 0.05) is 12.2 Å². The number of carboxylic acid groups (broad SMARTS) is 1. The summed E-state index contributed by atoms with van der Waals surface area (Å²) in [6, 6.07) is 3.21. The van der Waals surface area contributed by atoms with Crippen molar-refractivity contribution in [2.24, 2.45) is 5.14 Å². The Bertz CT molecular complexity index is 632. The summed E-state index contributed by atoms with van der Waals surface area (Å²) >= 11 is 5.72. The van der Waals surface area contributed by atoms with Gasteiger partial charge in [0.15, 0.2) is 0 Å². The highest BCUT2D eigenvalue weighted by Gasteiger charge is 2.10. The van der Waals surface area contributed by atoms with Gasteiger partial charge >= 0.3 is 12.0 Å². The number of nitrogens with two attached hydrogens (primary N) is 1. The van der Waals surface area contributed by atoms with E-state index in [4.69, 9.17) is 21.8 Å². The molecule has 0 aliphatic rings. The predicted molar refractivity (Wildman–Crippen MR) is 73.4 cm³/mol. The fourth-order valence-corrected chi connectivity index (χ4v) is 1.90. The molecular weight excluding hydrogens is 310 g/mol. The zero-order chi connectivity index (χ0) is 15.3. The van der Waals surface area contributed by atoms with Gasteiger partial charge in [0.25, 0.3) is 0 Å². The van der Waals surface area contributed by atoms with Crippen molar-refractivity contribution in [3.63, 3.8) is 0 Å². The summed E-state index contributed by atoms with van der Waals surface area (Å²) in [6.45, 7) is -0.147. The number of nitrogens with one attached hydrogen (secondary N) is 2. The van der Waals surface area contributed by atoms with Crippen LogP contribution in [0.4, 0.5) is 10.5 Å². The van der Waals surface area contributed by atoms with Crippen molar-refractivity contribution in [2.45, 2.75) is 0 Å². The van der Waals surface area contributed by atoms with Crippen molar-refractivity contribution in [1.82, 2.24) is 5.32 Å². The first kappa shape index (κ1) is 16.2. The van der Waals surface area contributed by atoms with E-state index in [0.717, 1.165) is 0 Å². The van der Waals surface area contributed by atoms with E-state index in [2.05, 4.69) is 10.6 Å². The highest BCUT2D eigenvalue weighted by Crippen LogP contribution is 2.20. The van der Waals surface area contributed by atoms with Crippen LogP contribution in [0.3, 0.4) is 0 Å². The number of carbonyl (C=O) groups excluding carboxylic acids is 1. The molecule has 0 spiro atoms. The van der Waals surface area contributed by atoms with Crippen molar-refractivity contribution in [3.8, 4) is 0 Å². The van der Waals surface area contributed by atoms with Gasteiger partial charge in [-0.1, -0.05) is 11.6 Å². The van der Waals surface area contributed by atoms with Gasteiger partial charge in [0.05, 0.1) is 16.3 Å². The van der Waals surface area contributed by atoms with Gasteiger partial charge < -0.3 is 15.7 Å². The van der Waals surface area contributed by atoms with E-state index in [1.165, 1.54) is 18.2 Å². The van der Waals surface area contributed by atoms with Crippen LogP contribution < -0.4 is 15.8 Å². The largest absolute Gasteiger partial charge is 0.478 e. The standard InChI is InChI=1S/C10H12ClN3O5S/c11-8-5-6(1-2-7(8)9(15)16)14-10(17)13-3-4-20(12,18)19/h1-2,5H,3-4H2,(H,15,16)(H2,12,18,19)(H2,13,14,17). The zero-order valence-corrected chi connectivity index (χ0v) is 11.7. The summed E-state index contributed by atoms with van der Waals surface area (Å²) < 4.78 is 21.3. The number of benzene rings is 1. The molecule has 0 fully saturated rings. The van der Waals surface area contributed by atoms with Crippen LogP contribution in [-0.2, 0) is 10.0 Å². The van der Waals surface area contributed by atoms with Crippen molar-refractivity contribution < 1.29 is 23.1 Å². The molecule has 1 aromatic carbocycles. The van der Waals surface area contributed by atoms with Crippen molar-refractivity contribution in [3.05, 3.63) is 28.8 Å². The predicted octanol–water partition coefficient (Wildman–Crippen LogP) is 0.448. The van der Waals surface area contributed by atoms with Crippen molar-refractivity contribution in [1.29, 1.82) is 0 Å². The molecule has 0 bridgehead atoms. The number of sulfonamides is 1. The van der Waals surface area contributed by atoms with Gasteiger partial charge in [-0.2, -0.15) is 0 Å². The second-order valence-electron chi connectivity index (χ2n) is 3.75. The lowest BCUT2D eigenvalue weighted by atomic mass is 10.2. The summed E-state index contributed by atoms with van der Waals surface area (Å²) in [5, 5.41) is 18.2. The van der Waals surface area contributed by atoms with E-state index in [9.17, 15) is 18.0 Å². The molecule has 0 atom stereocenters. The van der Waals surface area contributed by atoms with Crippen LogP contribution in [0.5, 0.6) is 0 Å². The lowest BCUT2D eigenvalue weighted by molar-refractivity contribution is 0.0697. The number of carboxylic acids is 1. The Hall–Kier alpha value is -1.84. The first-order chi connectivity index (χ1) is 9.19. The van der Waals surface area contributed by atoms with Crippen LogP contribution in [-0.4, -0.2) is 37.8 Å². The Morgan fingerprint density at radius 1 is 1.35 bits per heavy atom. The maximum absolute atomic E-state index is 11.4. The Kier molecular flexibility index (Phi) is 5.31. The highest BCUT2D eigenvalue weighted by molar-refractivity contribution is 7.89. The van der Waals surface area contributed by atoms with E-state index in [0.29, 0.717) is 0 Å². The normalized spacial score (nSPS) is 10.9. The number of hydrogen-bond donors (Lipinski definition) is 4. The molecule has 20 heavy (non-hydrogen) atoms.